The van der Waals surface area contributed by atoms with Gasteiger partial charge in [0.05, 0.1) is 6.04 Å². The Morgan fingerprint density at radius 1 is 0.857 bits per heavy atom. The van der Waals surface area contributed by atoms with Gasteiger partial charge in [-0.15, -0.1) is 0 Å². The predicted octanol–water partition coefficient (Wildman–Crippen LogP) is 4.50. The Balaban J connectivity index is 1.55. The van der Waals surface area contributed by atoms with Crippen LogP contribution < -0.4 is 19.7 Å². The van der Waals surface area contributed by atoms with E-state index in [1.807, 2.05) is 84.9 Å². The second kappa shape index (κ2) is 6.78. The maximum atomic E-state index is 13.3. The number of anilines is 2. The number of benzene rings is 3. The number of carbonyl (C=O) groups excluding carboxylic acids is 1. The fourth-order valence-electron chi connectivity index (χ4n) is 3.54. The van der Waals surface area contributed by atoms with Crippen LogP contribution in [0.4, 0.5) is 11.4 Å². The summed E-state index contributed by atoms with van der Waals surface area (Å²) >= 11 is 0. The predicted molar refractivity (Wildman–Crippen MR) is 107 cm³/mol. The van der Waals surface area contributed by atoms with E-state index in [0.29, 0.717) is 11.4 Å². The highest BCUT2D eigenvalue weighted by Crippen LogP contribution is 2.40. The monoisotopic (exact) mass is 370 g/mol. The number of rotatable bonds is 4. The van der Waals surface area contributed by atoms with Crippen molar-refractivity contribution in [2.24, 2.45) is 0 Å². The van der Waals surface area contributed by atoms with Gasteiger partial charge in [-0.2, -0.15) is 0 Å². The Labute approximate surface area is 162 Å². The molecule has 0 saturated heterocycles. The number of fused-ring (bicyclic) bond motifs is 1. The van der Waals surface area contributed by atoms with E-state index < -0.39 is 0 Å². The maximum Gasteiger partial charge on any atom is 0.275 e. The van der Waals surface area contributed by atoms with E-state index in [-0.39, 0.29) is 18.7 Å². The quantitative estimate of drug-likeness (QED) is 0.735. The Kier molecular flexibility index (Phi) is 3.98. The van der Waals surface area contributed by atoms with E-state index in [1.54, 1.807) is 4.90 Å². The topological polar surface area (TPSA) is 50.8 Å². The van der Waals surface area contributed by atoms with Crippen LogP contribution in [0, 0.1) is 0 Å². The number of carbonyl (C=O) groups is 1. The van der Waals surface area contributed by atoms with Crippen LogP contribution in [0.15, 0.2) is 90.6 Å². The maximum absolute atomic E-state index is 13.3. The van der Waals surface area contributed by atoms with Gasteiger partial charge in [0, 0.05) is 11.4 Å². The number of ether oxygens (including phenoxy) is 2. The Morgan fingerprint density at radius 2 is 1.57 bits per heavy atom. The first-order valence-corrected chi connectivity index (χ1v) is 9.12. The third-order valence-corrected chi connectivity index (χ3v) is 4.88. The highest BCUT2D eigenvalue weighted by molar-refractivity contribution is 6.11. The van der Waals surface area contributed by atoms with Crippen molar-refractivity contribution in [2.45, 2.75) is 6.04 Å². The van der Waals surface area contributed by atoms with Gasteiger partial charge in [-0.3, -0.25) is 9.69 Å². The molecule has 0 spiro atoms. The SMILES string of the molecule is O=C1C(Nc2ccccc2)=CC(c2ccc3c(c2)OCO3)N1c1ccccc1. The Morgan fingerprint density at radius 3 is 2.36 bits per heavy atom. The summed E-state index contributed by atoms with van der Waals surface area (Å²) < 4.78 is 10.9. The third-order valence-electron chi connectivity index (χ3n) is 4.88. The number of para-hydroxylation sites is 2. The van der Waals surface area contributed by atoms with Crippen LogP contribution in [-0.2, 0) is 4.79 Å². The molecular formula is C23H18N2O3. The van der Waals surface area contributed by atoms with Crippen LogP contribution in [0.2, 0.25) is 0 Å². The lowest BCUT2D eigenvalue weighted by Crippen LogP contribution is -2.30. The number of hydrogen-bond acceptors (Lipinski definition) is 4. The average molecular weight is 370 g/mol. The zero-order valence-corrected chi connectivity index (χ0v) is 15.0. The molecule has 2 heterocycles. The van der Waals surface area contributed by atoms with Crippen molar-refractivity contribution in [3.8, 4) is 11.5 Å². The minimum Gasteiger partial charge on any atom is -0.454 e. The fraction of sp³-hybridized carbons (Fsp3) is 0.0870. The minimum atomic E-state index is -0.240. The van der Waals surface area contributed by atoms with Gasteiger partial charge in [-0.25, -0.2) is 0 Å². The van der Waals surface area contributed by atoms with Crippen molar-refractivity contribution >= 4 is 17.3 Å². The molecule has 3 aromatic carbocycles. The zero-order chi connectivity index (χ0) is 18.9. The van der Waals surface area contributed by atoms with Gasteiger partial charge in [0.25, 0.3) is 5.91 Å². The second-order valence-electron chi connectivity index (χ2n) is 6.64. The summed E-state index contributed by atoms with van der Waals surface area (Å²) in [5.74, 6) is 1.36. The number of nitrogens with one attached hydrogen (secondary N) is 1. The molecule has 2 aliphatic rings. The first kappa shape index (κ1) is 16.4. The fourth-order valence-corrected chi connectivity index (χ4v) is 3.54. The molecule has 0 radical (unpaired) electrons. The summed E-state index contributed by atoms with van der Waals surface area (Å²) in [5.41, 5.74) is 3.24. The van der Waals surface area contributed by atoms with E-state index in [2.05, 4.69) is 5.32 Å². The van der Waals surface area contributed by atoms with Crippen LogP contribution in [-0.4, -0.2) is 12.7 Å². The lowest BCUT2D eigenvalue weighted by atomic mass is 10.1. The van der Waals surface area contributed by atoms with Crippen molar-refractivity contribution in [2.75, 3.05) is 17.0 Å². The van der Waals surface area contributed by atoms with Crippen LogP contribution in [0.1, 0.15) is 11.6 Å². The summed E-state index contributed by atoms with van der Waals surface area (Å²) in [5, 5.41) is 3.26. The smallest absolute Gasteiger partial charge is 0.275 e. The van der Waals surface area contributed by atoms with Crippen molar-refractivity contribution in [3.05, 3.63) is 96.2 Å². The molecule has 3 aromatic rings. The normalized spacial score (nSPS) is 17.6. The molecule has 0 aliphatic carbocycles. The average Bonchev–Trinajstić information content (AvgIpc) is 3.33. The Bertz CT molecular complexity index is 1050. The van der Waals surface area contributed by atoms with Gasteiger partial charge in [0.1, 0.15) is 5.70 Å². The molecule has 28 heavy (non-hydrogen) atoms. The molecule has 1 unspecified atom stereocenters. The minimum absolute atomic E-state index is 0.0716. The molecule has 5 nitrogen and oxygen atoms in total. The Hall–Kier alpha value is -3.73. The van der Waals surface area contributed by atoms with Gasteiger partial charge < -0.3 is 14.8 Å². The summed E-state index contributed by atoms with van der Waals surface area (Å²) in [6.07, 6.45) is 1.96. The molecule has 1 atom stereocenters. The lowest BCUT2D eigenvalue weighted by Gasteiger charge is -2.25. The molecule has 1 N–H and O–H groups in total. The van der Waals surface area contributed by atoms with Crippen LogP contribution in [0.5, 0.6) is 11.5 Å². The highest BCUT2D eigenvalue weighted by atomic mass is 16.7. The summed E-state index contributed by atoms with van der Waals surface area (Å²) in [6.45, 7) is 0.224. The first-order chi connectivity index (χ1) is 13.8. The lowest BCUT2D eigenvalue weighted by molar-refractivity contribution is -0.114. The van der Waals surface area contributed by atoms with Gasteiger partial charge in [-0.1, -0.05) is 42.5 Å². The molecule has 1 amide bonds. The molecule has 138 valence electrons. The zero-order valence-electron chi connectivity index (χ0n) is 15.0. The van der Waals surface area contributed by atoms with E-state index in [1.165, 1.54) is 0 Å². The van der Waals surface area contributed by atoms with Gasteiger partial charge >= 0.3 is 0 Å². The van der Waals surface area contributed by atoms with E-state index in [9.17, 15) is 4.79 Å². The highest BCUT2D eigenvalue weighted by Gasteiger charge is 2.35. The number of amides is 1. The van der Waals surface area contributed by atoms with Crippen LogP contribution in [0.3, 0.4) is 0 Å². The van der Waals surface area contributed by atoms with E-state index >= 15 is 0 Å². The molecule has 0 fully saturated rings. The van der Waals surface area contributed by atoms with Crippen molar-refractivity contribution in [1.82, 2.24) is 0 Å². The standard InChI is InChI=1S/C23H18N2O3/c26-23-19(24-17-7-3-1-4-8-17)14-20(25(23)18-9-5-2-6-10-18)16-11-12-21-22(13-16)28-15-27-21/h1-14,20,24H,15H2. The number of nitrogens with zero attached hydrogens (tertiary/aromatic N) is 1. The third kappa shape index (κ3) is 2.87. The summed E-state index contributed by atoms with van der Waals surface area (Å²) in [7, 11) is 0. The molecule has 0 aromatic heterocycles. The summed E-state index contributed by atoms with van der Waals surface area (Å²) in [6, 6.07) is 25.0. The first-order valence-electron chi connectivity index (χ1n) is 9.12. The van der Waals surface area contributed by atoms with E-state index in [4.69, 9.17) is 9.47 Å². The molecule has 0 saturated carbocycles. The van der Waals surface area contributed by atoms with Crippen molar-refractivity contribution in [3.63, 3.8) is 0 Å². The van der Waals surface area contributed by atoms with Crippen LogP contribution in [0.25, 0.3) is 0 Å². The molecule has 2 aliphatic heterocycles. The molecule has 5 rings (SSSR count). The molecular weight excluding hydrogens is 352 g/mol. The molecule has 0 bridgehead atoms. The number of hydrogen-bond donors (Lipinski definition) is 1. The van der Waals surface area contributed by atoms with Crippen LogP contribution >= 0.6 is 0 Å². The largest absolute Gasteiger partial charge is 0.454 e. The van der Waals surface area contributed by atoms with Crippen molar-refractivity contribution < 1.29 is 14.3 Å². The second-order valence-corrected chi connectivity index (χ2v) is 6.64. The molecule has 5 heteroatoms. The van der Waals surface area contributed by atoms with Gasteiger partial charge in [0.15, 0.2) is 11.5 Å². The summed E-state index contributed by atoms with van der Waals surface area (Å²) in [4.78, 5) is 15.1. The van der Waals surface area contributed by atoms with Gasteiger partial charge in [-0.05, 0) is 48.0 Å². The van der Waals surface area contributed by atoms with Crippen molar-refractivity contribution in [1.29, 1.82) is 0 Å². The van der Waals surface area contributed by atoms with E-state index in [0.717, 1.165) is 22.7 Å². The van der Waals surface area contributed by atoms with Gasteiger partial charge in [0.2, 0.25) is 6.79 Å².